The molecule has 2 heteroatoms. The maximum Gasteiger partial charge on any atom is 0.0995 e. The number of nitriles is 1. The van der Waals surface area contributed by atoms with Crippen molar-refractivity contribution >= 4 is 15.9 Å². The Bertz CT molecular complexity index is 399. The van der Waals surface area contributed by atoms with E-state index in [1.807, 2.05) is 12.1 Å². The van der Waals surface area contributed by atoms with Crippen LogP contribution >= 0.6 is 15.9 Å². The fraction of sp³-hybridized carbons (Fsp3) is 0.417. The molecule has 1 aromatic carbocycles. The van der Waals surface area contributed by atoms with E-state index in [0.717, 1.165) is 10.0 Å². The van der Waals surface area contributed by atoms with Crippen molar-refractivity contribution in [2.45, 2.75) is 31.6 Å². The molecule has 0 unspecified atom stereocenters. The number of nitrogens with zero attached hydrogens (tertiary/aromatic N) is 1. The van der Waals surface area contributed by atoms with Crippen molar-refractivity contribution in [1.29, 1.82) is 5.26 Å². The second-order valence-electron chi connectivity index (χ2n) is 4.22. The summed E-state index contributed by atoms with van der Waals surface area (Å²) in [6, 6.07) is 8.31. The fourth-order valence-electron chi connectivity index (χ4n) is 2.11. The summed E-state index contributed by atoms with van der Waals surface area (Å²) in [5, 5.41) is 9.05. The minimum Gasteiger partial charge on any atom is -0.192 e. The molecule has 0 radical (unpaired) electrons. The lowest BCUT2D eigenvalue weighted by Gasteiger charge is -2.39. The second kappa shape index (κ2) is 3.40. The summed E-state index contributed by atoms with van der Waals surface area (Å²) >= 11 is 3.39. The van der Waals surface area contributed by atoms with E-state index in [1.54, 1.807) is 0 Å². The molecule has 0 atom stereocenters. The van der Waals surface area contributed by atoms with Crippen LogP contribution in [0.4, 0.5) is 0 Å². The Morgan fingerprint density at radius 3 is 2.64 bits per heavy atom. The maximum absolute atomic E-state index is 9.05. The highest BCUT2D eigenvalue weighted by molar-refractivity contribution is 9.10. The lowest BCUT2D eigenvalue weighted by molar-refractivity contribution is 0.271. The second-order valence-corrected chi connectivity index (χ2v) is 5.13. The van der Waals surface area contributed by atoms with E-state index in [-0.39, 0.29) is 5.41 Å². The van der Waals surface area contributed by atoms with Gasteiger partial charge in [-0.05, 0) is 36.0 Å². The molecule has 72 valence electrons. The Morgan fingerprint density at radius 1 is 1.43 bits per heavy atom. The third kappa shape index (κ3) is 1.46. The van der Waals surface area contributed by atoms with Crippen LogP contribution in [0.2, 0.25) is 0 Å². The Balaban J connectivity index is 2.48. The van der Waals surface area contributed by atoms with Crippen molar-refractivity contribution in [2.24, 2.45) is 0 Å². The predicted octanol–water partition coefficient (Wildman–Crippen LogP) is 3.76. The van der Waals surface area contributed by atoms with Crippen LogP contribution in [-0.4, -0.2) is 0 Å². The minimum absolute atomic E-state index is 0.256. The minimum atomic E-state index is 0.256. The van der Waals surface area contributed by atoms with Gasteiger partial charge in [0.1, 0.15) is 0 Å². The number of hydrogen-bond donors (Lipinski definition) is 0. The first-order valence-corrected chi connectivity index (χ1v) is 5.65. The molecule has 0 saturated heterocycles. The van der Waals surface area contributed by atoms with Gasteiger partial charge in [-0.15, -0.1) is 0 Å². The van der Waals surface area contributed by atoms with Crippen molar-refractivity contribution in [3.05, 3.63) is 33.8 Å². The van der Waals surface area contributed by atoms with E-state index in [2.05, 4.69) is 35.0 Å². The first-order valence-electron chi connectivity index (χ1n) is 4.86. The van der Waals surface area contributed by atoms with Gasteiger partial charge in [0.2, 0.25) is 0 Å². The molecule has 0 aromatic heterocycles. The third-order valence-electron chi connectivity index (χ3n) is 3.21. The molecule has 1 aromatic rings. The van der Waals surface area contributed by atoms with Crippen molar-refractivity contribution in [3.8, 4) is 6.07 Å². The average molecular weight is 250 g/mol. The first kappa shape index (κ1) is 9.73. The predicted molar refractivity (Wildman–Crippen MR) is 60.1 cm³/mol. The monoisotopic (exact) mass is 249 g/mol. The van der Waals surface area contributed by atoms with E-state index in [4.69, 9.17) is 5.26 Å². The summed E-state index contributed by atoms with van der Waals surface area (Å²) in [6.07, 6.45) is 3.71. The molecule has 0 amide bonds. The molecule has 0 N–H and O–H groups in total. The van der Waals surface area contributed by atoms with E-state index < -0.39 is 0 Å². The van der Waals surface area contributed by atoms with Gasteiger partial charge in [-0.3, -0.25) is 0 Å². The van der Waals surface area contributed by atoms with E-state index in [9.17, 15) is 0 Å². The van der Waals surface area contributed by atoms with Crippen LogP contribution in [0.25, 0.3) is 0 Å². The fourth-order valence-corrected chi connectivity index (χ4v) is 2.47. The number of halogens is 1. The zero-order valence-corrected chi connectivity index (χ0v) is 9.76. The van der Waals surface area contributed by atoms with Crippen LogP contribution in [0.5, 0.6) is 0 Å². The van der Waals surface area contributed by atoms with Crippen molar-refractivity contribution < 1.29 is 0 Å². The highest BCUT2D eigenvalue weighted by Crippen LogP contribution is 2.44. The van der Waals surface area contributed by atoms with E-state index >= 15 is 0 Å². The van der Waals surface area contributed by atoms with Crippen LogP contribution in [0.15, 0.2) is 22.7 Å². The molecule has 0 aliphatic heterocycles. The summed E-state index contributed by atoms with van der Waals surface area (Å²) in [6.45, 7) is 2.25. The molecule has 1 nitrogen and oxygen atoms in total. The van der Waals surface area contributed by atoms with Crippen LogP contribution in [0.3, 0.4) is 0 Å². The quantitative estimate of drug-likeness (QED) is 0.744. The molecule has 0 spiro atoms. The van der Waals surface area contributed by atoms with Crippen LogP contribution < -0.4 is 0 Å². The van der Waals surface area contributed by atoms with Crippen molar-refractivity contribution in [3.63, 3.8) is 0 Å². The SMILES string of the molecule is CC1(c2ccc(Br)cc2C#N)CCC1. The average Bonchev–Trinajstić information content (AvgIpc) is 2.14. The van der Waals surface area contributed by atoms with Gasteiger partial charge in [0.15, 0.2) is 0 Å². The summed E-state index contributed by atoms with van der Waals surface area (Å²) in [5.74, 6) is 0. The van der Waals surface area contributed by atoms with Crippen molar-refractivity contribution in [2.75, 3.05) is 0 Å². The molecule has 0 heterocycles. The molecular weight excluding hydrogens is 238 g/mol. The summed E-state index contributed by atoms with van der Waals surface area (Å²) < 4.78 is 0.987. The zero-order valence-electron chi connectivity index (χ0n) is 8.18. The molecule has 1 aliphatic rings. The Morgan fingerprint density at radius 2 is 2.14 bits per heavy atom. The number of benzene rings is 1. The Hall–Kier alpha value is -0.810. The standard InChI is InChI=1S/C12H12BrN/c1-12(5-2-6-12)11-4-3-10(13)7-9(11)8-14/h3-4,7H,2,5-6H2,1H3. The highest BCUT2D eigenvalue weighted by atomic mass is 79.9. The van der Waals surface area contributed by atoms with Gasteiger partial charge in [-0.25, -0.2) is 0 Å². The van der Waals surface area contributed by atoms with Gasteiger partial charge >= 0.3 is 0 Å². The summed E-state index contributed by atoms with van der Waals surface area (Å²) in [5.41, 5.74) is 2.29. The van der Waals surface area contributed by atoms with Gasteiger partial charge in [0.05, 0.1) is 11.6 Å². The van der Waals surface area contributed by atoms with Gasteiger partial charge in [0.25, 0.3) is 0 Å². The van der Waals surface area contributed by atoms with Crippen LogP contribution in [0, 0.1) is 11.3 Å². The molecule has 1 saturated carbocycles. The third-order valence-corrected chi connectivity index (χ3v) is 3.70. The molecule has 1 fully saturated rings. The largest absolute Gasteiger partial charge is 0.192 e. The molecule has 14 heavy (non-hydrogen) atoms. The lowest BCUT2D eigenvalue weighted by atomic mass is 9.65. The highest BCUT2D eigenvalue weighted by Gasteiger charge is 2.35. The Labute approximate surface area is 92.9 Å². The van der Waals surface area contributed by atoms with Gasteiger partial charge in [-0.1, -0.05) is 35.3 Å². The van der Waals surface area contributed by atoms with Crippen LogP contribution in [-0.2, 0) is 5.41 Å². The van der Waals surface area contributed by atoms with Gasteiger partial charge in [-0.2, -0.15) is 5.26 Å². The van der Waals surface area contributed by atoms with E-state index in [0.29, 0.717) is 0 Å². The molecule has 2 rings (SSSR count). The lowest BCUT2D eigenvalue weighted by Crippen LogP contribution is -2.31. The smallest absolute Gasteiger partial charge is 0.0995 e. The van der Waals surface area contributed by atoms with Gasteiger partial charge < -0.3 is 0 Å². The van der Waals surface area contributed by atoms with Crippen LogP contribution in [0.1, 0.15) is 37.3 Å². The molecule has 0 bridgehead atoms. The summed E-state index contributed by atoms with van der Waals surface area (Å²) in [4.78, 5) is 0. The van der Waals surface area contributed by atoms with E-state index in [1.165, 1.54) is 24.8 Å². The van der Waals surface area contributed by atoms with Gasteiger partial charge in [0, 0.05) is 4.47 Å². The topological polar surface area (TPSA) is 23.8 Å². The maximum atomic E-state index is 9.05. The first-order chi connectivity index (χ1) is 6.65. The number of rotatable bonds is 1. The molecule has 1 aliphatic carbocycles. The van der Waals surface area contributed by atoms with Crippen molar-refractivity contribution in [1.82, 2.24) is 0 Å². The molecular formula is C12H12BrN. The normalized spacial score (nSPS) is 18.4. The summed E-state index contributed by atoms with van der Waals surface area (Å²) in [7, 11) is 0. The number of hydrogen-bond acceptors (Lipinski definition) is 1. The Kier molecular flexibility index (Phi) is 2.36. The zero-order chi connectivity index (χ0) is 10.2.